The number of hydrogen-bond donors (Lipinski definition) is 1. The van der Waals surface area contributed by atoms with Gasteiger partial charge in [0, 0.05) is 12.6 Å². The molecular formula is C21H20F3N3O. The molecule has 0 radical (unpaired) electrons. The molecule has 0 bridgehead atoms. The average molecular weight is 387 g/mol. The predicted molar refractivity (Wildman–Crippen MR) is 100 cm³/mol. The van der Waals surface area contributed by atoms with Crippen LogP contribution >= 0.6 is 0 Å². The Balaban J connectivity index is 1.75. The third-order valence-corrected chi connectivity index (χ3v) is 4.29. The summed E-state index contributed by atoms with van der Waals surface area (Å²) in [5.74, 6) is -1.98. The molecular weight excluding hydrogens is 367 g/mol. The normalized spacial score (nSPS) is 11.1. The molecule has 1 heterocycles. The van der Waals surface area contributed by atoms with E-state index in [0.717, 1.165) is 6.07 Å². The highest BCUT2D eigenvalue weighted by Crippen LogP contribution is 2.23. The lowest BCUT2D eigenvalue weighted by atomic mass is 10.0. The number of amides is 1. The molecule has 0 fully saturated rings. The molecule has 0 aliphatic heterocycles. The van der Waals surface area contributed by atoms with Gasteiger partial charge in [0.1, 0.15) is 17.5 Å². The largest absolute Gasteiger partial charge is 0.352 e. The highest BCUT2D eigenvalue weighted by atomic mass is 19.1. The highest BCUT2D eigenvalue weighted by molar-refractivity contribution is 5.95. The monoisotopic (exact) mass is 387 g/mol. The first-order valence-corrected chi connectivity index (χ1v) is 8.92. The van der Waals surface area contributed by atoms with Crippen molar-refractivity contribution in [1.29, 1.82) is 0 Å². The van der Waals surface area contributed by atoms with Crippen molar-refractivity contribution in [1.82, 2.24) is 15.1 Å². The second-order valence-electron chi connectivity index (χ2n) is 6.77. The van der Waals surface area contributed by atoms with E-state index in [2.05, 4.69) is 10.4 Å². The van der Waals surface area contributed by atoms with Crippen LogP contribution in [0.25, 0.3) is 5.69 Å². The predicted octanol–water partition coefficient (Wildman–Crippen LogP) is 4.39. The van der Waals surface area contributed by atoms with Crippen LogP contribution in [0.3, 0.4) is 0 Å². The molecule has 0 spiro atoms. The lowest BCUT2D eigenvalue weighted by Crippen LogP contribution is -2.26. The van der Waals surface area contributed by atoms with Crippen molar-refractivity contribution < 1.29 is 18.0 Å². The second-order valence-corrected chi connectivity index (χ2v) is 6.77. The molecule has 3 rings (SSSR count). The number of carbonyl (C=O) groups excluding carboxylic acids is 1. The van der Waals surface area contributed by atoms with Crippen molar-refractivity contribution in [3.63, 3.8) is 0 Å². The van der Waals surface area contributed by atoms with Crippen LogP contribution < -0.4 is 5.32 Å². The molecule has 1 amide bonds. The highest BCUT2D eigenvalue weighted by Gasteiger charge is 2.20. The maximum atomic E-state index is 13.2. The van der Waals surface area contributed by atoms with E-state index >= 15 is 0 Å². The molecule has 0 saturated heterocycles. The summed E-state index contributed by atoms with van der Waals surface area (Å²) >= 11 is 0. The van der Waals surface area contributed by atoms with Crippen LogP contribution in [-0.4, -0.2) is 22.2 Å². The van der Waals surface area contributed by atoms with Gasteiger partial charge in [-0.15, -0.1) is 0 Å². The van der Waals surface area contributed by atoms with Gasteiger partial charge in [-0.2, -0.15) is 5.10 Å². The fourth-order valence-corrected chi connectivity index (χ4v) is 3.05. The van der Waals surface area contributed by atoms with E-state index in [-0.39, 0.29) is 24.2 Å². The molecule has 0 saturated carbocycles. The van der Waals surface area contributed by atoms with Gasteiger partial charge in [-0.25, -0.2) is 17.9 Å². The molecule has 28 heavy (non-hydrogen) atoms. The van der Waals surface area contributed by atoms with Gasteiger partial charge in [-0.05, 0) is 54.3 Å². The summed E-state index contributed by atoms with van der Waals surface area (Å²) in [6.45, 7) is 4.09. The van der Waals surface area contributed by atoms with E-state index in [1.165, 1.54) is 30.5 Å². The zero-order valence-corrected chi connectivity index (χ0v) is 15.5. The van der Waals surface area contributed by atoms with E-state index in [1.807, 2.05) is 13.8 Å². The van der Waals surface area contributed by atoms with Gasteiger partial charge in [-0.1, -0.05) is 13.8 Å². The SMILES string of the molecule is CC(C)c1c(C(=O)NCCc2cc(F)cc(F)c2)cnn1-c1ccc(F)cc1. The molecule has 4 nitrogen and oxygen atoms in total. The molecule has 7 heteroatoms. The van der Waals surface area contributed by atoms with Crippen LogP contribution in [0.5, 0.6) is 0 Å². The maximum Gasteiger partial charge on any atom is 0.254 e. The van der Waals surface area contributed by atoms with Gasteiger partial charge in [0.25, 0.3) is 5.91 Å². The Morgan fingerprint density at radius 2 is 1.68 bits per heavy atom. The van der Waals surface area contributed by atoms with Crippen molar-refractivity contribution in [3.05, 3.63) is 82.9 Å². The Labute approximate surface area is 161 Å². The Kier molecular flexibility index (Phi) is 5.82. The minimum absolute atomic E-state index is 0.00869. The van der Waals surface area contributed by atoms with Gasteiger partial charge in [-0.3, -0.25) is 4.79 Å². The molecule has 0 atom stereocenters. The smallest absolute Gasteiger partial charge is 0.254 e. The number of nitrogens with zero attached hydrogens (tertiary/aromatic N) is 2. The molecule has 0 unspecified atom stereocenters. The van der Waals surface area contributed by atoms with Gasteiger partial charge in [0.15, 0.2) is 0 Å². The van der Waals surface area contributed by atoms with E-state index in [0.29, 0.717) is 28.9 Å². The number of rotatable bonds is 6. The van der Waals surface area contributed by atoms with Crippen LogP contribution in [0.15, 0.2) is 48.7 Å². The Morgan fingerprint density at radius 1 is 1.04 bits per heavy atom. The van der Waals surface area contributed by atoms with Crippen LogP contribution in [0.1, 0.15) is 41.4 Å². The Bertz CT molecular complexity index is 961. The Morgan fingerprint density at radius 3 is 2.29 bits per heavy atom. The molecule has 146 valence electrons. The summed E-state index contributed by atoms with van der Waals surface area (Å²) < 4.78 is 41.3. The molecule has 0 aliphatic carbocycles. The van der Waals surface area contributed by atoms with E-state index < -0.39 is 11.6 Å². The third kappa shape index (κ3) is 4.42. The van der Waals surface area contributed by atoms with Crippen molar-refractivity contribution in [2.24, 2.45) is 0 Å². The number of nitrogens with one attached hydrogen (secondary N) is 1. The first kappa shape index (κ1) is 19.7. The summed E-state index contributed by atoms with van der Waals surface area (Å²) in [4.78, 5) is 12.6. The molecule has 1 N–H and O–H groups in total. The number of halogens is 3. The Hall–Kier alpha value is -3.09. The number of hydrogen-bond acceptors (Lipinski definition) is 2. The molecule has 3 aromatic rings. The van der Waals surface area contributed by atoms with Crippen LogP contribution in [0, 0.1) is 17.5 Å². The summed E-state index contributed by atoms with van der Waals surface area (Å²) in [6, 6.07) is 9.13. The number of carbonyl (C=O) groups is 1. The quantitative estimate of drug-likeness (QED) is 0.682. The molecule has 0 aliphatic rings. The summed E-state index contributed by atoms with van der Waals surface area (Å²) in [7, 11) is 0. The van der Waals surface area contributed by atoms with Gasteiger partial charge >= 0.3 is 0 Å². The summed E-state index contributed by atoms with van der Waals surface area (Å²) in [5.41, 5.74) is 2.22. The van der Waals surface area contributed by atoms with Crippen LogP contribution in [-0.2, 0) is 6.42 Å². The topological polar surface area (TPSA) is 46.9 Å². The lowest BCUT2D eigenvalue weighted by molar-refractivity contribution is 0.0952. The van der Waals surface area contributed by atoms with Crippen molar-refractivity contribution >= 4 is 5.91 Å². The fourth-order valence-electron chi connectivity index (χ4n) is 3.05. The molecule has 2 aromatic carbocycles. The van der Waals surface area contributed by atoms with Crippen LogP contribution in [0.2, 0.25) is 0 Å². The zero-order chi connectivity index (χ0) is 20.3. The van der Waals surface area contributed by atoms with Crippen molar-refractivity contribution in [3.8, 4) is 5.69 Å². The fraction of sp³-hybridized carbons (Fsp3) is 0.238. The van der Waals surface area contributed by atoms with Gasteiger partial charge < -0.3 is 5.32 Å². The first-order valence-electron chi connectivity index (χ1n) is 8.92. The summed E-state index contributed by atoms with van der Waals surface area (Å²) in [5, 5.41) is 7.04. The maximum absolute atomic E-state index is 13.2. The van der Waals surface area contributed by atoms with Crippen molar-refractivity contribution in [2.45, 2.75) is 26.2 Å². The van der Waals surface area contributed by atoms with Gasteiger partial charge in [0.2, 0.25) is 0 Å². The van der Waals surface area contributed by atoms with E-state index in [9.17, 15) is 18.0 Å². The number of benzene rings is 2. The molecule has 1 aromatic heterocycles. The van der Waals surface area contributed by atoms with Crippen LogP contribution in [0.4, 0.5) is 13.2 Å². The van der Waals surface area contributed by atoms with E-state index in [1.54, 1.807) is 16.8 Å². The summed E-state index contributed by atoms with van der Waals surface area (Å²) in [6.07, 6.45) is 1.76. The van der Waals surface area contributed by atoms with Gasteiger partial charge in [0.05, 0.1) is 23.1 Å². The number of aromatic nitrogens is 2. The average Bonchev–Trinajstić information content (AvgIpc) is 3.07. The van der Waals surface area contributed by atoms with Crippen molar-refractivity contribution in [2.75, 3.05) is 6.54 Å². The third-order valence-electron chi connectivity index (χ3n) is 4.29. The minimum atomic E-state index is -0.649. The first-order chi connectivity index (χ1) is 13.3. The zero-order valence-electron chi connectivity index (χ0n) is 15.5. The standard InChI is InChI=1S/C21H20F3N3O/c1-13(2)20-19(12-26-27(20)18-5-3-15(22)4-6-18)21(28)25-8-7-14-9-16(23)11-17(24)10-14/h3-6,9-13H,7-8H2,1-2H3,(H,25,28). The second kappa shape index (κ2) is 8.29. The minimum Gasteiger partial charge on any atom is -0.352 e. The van der Waals surface area contributed by atoms with E-state index in [4.69, 9.17) is 0 Å². The lowest BCUT2D eigenvalue weighted by Gasteiger charge is -2.13.